The Hall–Kier alpha value is -1.36. The van der Waals surface area contributed by atoms with E-state index in [1.54, 1.807) is 0 Å². The second kappa shape index (κ2) is 7.43. The van der Waals surface area contributed by atoms with Gasteiger partial charge in [-0.15, -0.1) is 0 Å². The van der Waals surface area contributed by atoms with Gasteiger partial charge >= 0.3 is 0 Å². The lowest BCUT2D eigenvalue weighted by molar-refractivity contribution is 0.0938. The Morgan fingerprint density at radius 2 is 1.75 bits per heavy atom. The van der Waals surface area contributed by atoms with Crippen molar-refractivity contribution >= 4 is 28.5 Å². The van der Waals surface area contributed by atoms with E-state index < -0.39 is 0 Å². The molecule has 1 atom stereocenters. The predicted octanol–water partition coefficient (Wildman–Crippen LogP) is 4.04. The van der Waals surface area contributed by atoms with E-state index in [1.807, 2.05) is 37.3 Å². The second-order valence-electron chi connectivity index (χ2n) is 4.91. The van der Waals surface area contributed by atoms with E-state index in [0.717, 1.165) is 12.8 Å². The van der Waals surface area contributed by atoms with Crippen LogP contribution in [-0.2, 0) is 6.42 Å². The molecule has 0 aliphatic heterocycles. The van der Waals surface area contributed by atoms with Gasteiger partial charge in [0.25, 0.3) is 5.91 Å². The Labute approximate surface area is 133 Å². The van der Waals surface area contributed by atoms with Gasteiger partial charge in [-0.25, -0.2) is 0 Å². The van der Waals surface area contributed by atoms with Crippen molar-refractivity contribution < 1.29 is 4.79 Å². The summed E-state index contributed by atoms with van der Waals surface area (Å²) >= 11 is 2.30. The largest absolute Gasteiger partial charge is 0.350 e. The molecule has 0 radical (unpaired) electrons. The first-order chi connectivity index (χ1) is 9.65. The summed E-state index contributed by atoms with van der Waals surface area (Å²) in [6, 6.07) is 18.0. The molecule has 104 valence electrons. The van der Waals surface area contributed by atoms with Gasteiger partial charge in [0.15, 0.2) is 0 Å². The number of carbonyl (C=O) groups is 1. The molecule has 20 heavy (non-hydrogen) atoms. The zero-order valence-corrected chi connectivity index (χ0v) is 13.6. The van der Waals surface area contributed by atoms with Gasteiger partial charge < -0.3 is 5.32 Å². The number of rotatable bonds is 5. The van der Waals surface area contributed by atoms with Gasteiger partial charge in [0.1, 0.15) is 0 Å². The molecule has 0 aliphatic carbocycles. The van der Waals surface area contributed by atoms with Crippen molar-refractivity contribution in [3.8, 4) is 0 Å². The van der Waals surface area contributed by atoms with E-state index in [1.165, 1.54) is 9.13 Å². The summed E-state index contributed by atoms with van der Waals surface area (Å²) in [6.07, 6.45) is 1.92. The summed E-state index contributed by atoms with van der Waals surface area (Å²) in [5, 5.41) is 3.04. The summed E-state index contributed by atoms with van der Waals surface area (Å²) in [6.45, 7) is 2.05. The fraction of sp³-hybridized carbons (Fsp3) is 0.235. The third kappa shape index (κ3) is 4.63. The maximum atomic E-state index is 12.0. The number of carbonyl (C=O) groups excluding carboxylic acids is 1. The maximum absolute atomic E-state index is 12.0. The van der Waals surface area contributed by atoms with Crippen molar-refractivity contribution in [2.75, 3.05) is 0 Å². The standard InChI is InChI=1S/C17H18INO/c1-13(7-8-14-9-11-16(18)12-10-14)19-17(20)15-5-3-2-4-6-15/h2-6,9-13H,7-8H2,1H3,(H,19,20). The average Bonchev–Trinajstić information content (AvgIpc) is 2.47. The monoisotopic (exact) mass is 379 g/mol. The third-order valence-corrected chi connectivity index (χ3v) is 3.91. The maximum Gasteiger partial charge on any atom is 0.251 e. The zero-order valence-electron chi connectivity index (χ0n) is 11.5. The van der Waals surface area contributed by atoms with Crippen LogP contribution >= 0.6 is 22.6 Å². The smallest absolute Gasteiger partial charge is 0.251 e. The molecule has 0 saturated heterocycles. The number of amides is 1. The van der Waals surface area contributed by atoms with Gasteiger partial charge in [0, 0.05) is 15.2 Å². The molecule has 2 rings (SSSR count). The molecule has 1 unspecified atom stereocenters. The molecule has 2 aromatic carbocycles. The predicted molar refractivity (Wildman–Crippen MR) is 90.9 cm³/mol. The highest BCUT2D eigenvalue weighted by atomic mass is 127. The highest BCUT2D eigenvalue weighted by Gasteiger charge is 2.09. The van der Waals surface area contributed by atoms with E-state index in [4.69, 9.17) is 0 Å². The van der Waals surface area contributed by atoms with Crippen LogP contribution in [0.15, 0.2) is 54.6 Å². The van der Waals surface area contributed by atoms with Crippen molar-refractivity contribution in [3.63, 3.8) is 0 Å². The summed E-state index contributed by atoms with van der Waals surface area (Å²) in [4.78, 5) is 12.0. The number of halogens is 1. The van der Waals surface area contributed by atoms with E-state index >= 15 is 0 Å². The lowest BCUT2D eigenvalue weighted by Gasteiger charge is -2.14. The van der Waals surface area contributed by atoms with E-state index in [2.05, 4.69) is 52.2 Å². The van der Waals surface area contributed by atoms with Crippen LogP contribution in [0.25, 0.3) is 0 Å². The minimum atomic E-state index is 0.000658. The average molecular weight is 379 g/mol. The van der Waals surface area contributed by atoms with Crippen LogP contribution in [-0.4, -0.2) is 11.9 Å². The number of benzene rings is 2. The van der Waals surface area contributed by atoms with Crippen LogP contribution in [0, 0.1) is 3.57 Å². The molecular weight excluding hydrogens is 361 g/mol. The fourth-order valence-corrected chi connectivity index (χ4v) is 2.36. The van der Waals surface area contributed by atoms with Crippen molar-refractivity contribution in [2.45, 2.75) is 25.8 Å². The number of hydrogen-bond acceptors (Lipinski definition) is 1. The Bertz CT molecular complexity index is 551. The van der Waals surface area contributed by atoms with Gasteiger partial charge in [-0.05, 0) is 72.2 Å². The van der Waals surface area contributed by atoms with Crippen molar-refractivity contribution in [3.05, 3.63) is 69.3 Å². The Balaban J connectivity index is 1.82. The first kappa shape index (κ1) is 15.0. The van der Waals surface area contributed by atoms with E-state index in [-0.39, 0.29) is 11.9 Å². The summed E-state index contributed by atoms with van der Waals surface area (Å²) < 4.78 is 1.25. The molecule has 1 N–H and O–H groups in total. The lowest BCUT2D eigenvalue weighted by atomic mass is 10.1. The molecule has 2 nitrogen and oxygen atoms in total. The van der Waals surface area contributed by atoms with Crippen LogP contribution in [0.2, 0.25) is 0 Å². The third-order valence-electron chi connectivity index (χ3n) is 3.19. The summed E-state index contributed by atoms with van der Waals surface area (Å²) in [5.41, 5.74) is 2.03. The zero-order chi connectivity index (χ0) is 14.4. The number of hydrogen-bond donors (Lipinski definition) is 1. The van der Waals surface area contributed by atoms with Crippen LogP contribution in [0.1, 0.15) is 29.3 Å². The van der Waals surface area contributed by atoms with Gasteiger partial charge in [-0.3, -0.25) is 4.79 Å². The Morgan fingerprint density at radius 3 is 2.40 bits per heavy atom. The quantitative estimate of drug-likeness (QED) is 0.781. The molecule has 0 spiro atoms. The minimum absolute atomic E-state index is 0.000658. The molecule has 0 aromatic heterocycles. The fourth-order valence-electron chi connectivity index (χ4n) is 2.00. The second-order valence-corrected chi connectivity index (χ2v) is 6.15. The first-order valence-corrected chi connectivity index (χ1v) is 7.83. The molecule has 0 heterocycles. The van der Waals surface area contributed by atoms with Gasteiger partial charge in [0.2, 0.25) is 0 Å². The normalized spacial score (nSPS) is 11.9. The highest BCUT2D eigenvalue weighted by Crippen LogP contribution is 2.10. The van der Waals surface area contributed by atoms with Crippen LogP contribution in [0.5, 0.6) is 0 Å². The first-order valence-electron chi connectivity index (χ1n) is 6.75. The SMILES string of the molecule is CC(CCc1ccc(I)cc1)NC(=O)c1ccccc1. The van der Waals surface area contributed by atoms with Gasteiger partial charge in [-0.1, -0.05) is 30.3 Å². The minimum Gasteiger partial charge on any atom is -0.350 e. The molecular formula is C17H18INO. The van der Waals surface area contributed by atoms with Gasteiger partial charge in [-0.2, -0.15) is 0 Å². The summed E-state index contributed by atoms with van der Waals surface area (Å²) in [5.74, 6) is 0.000658. The Kier molecular flexibility index (Phi) is 5.59. The lowest BCUT2D eigenvalue weighted by Crippen LogP contribution is -2.32. The number of nitrogens with one attached hydrogen (secondary N) is 1. The molecule has 0 fully saturated rings. The topological polar surface area (TPSA) is 29.1 Å². The molecule has 0 aliphatic rings. The summed E-state index contributed by atoms with van der Waals surface area (Å²) in [7, 11) is 0. The highest BCUT2D eigenvalue weighted by molar-refractivity contribution is 14.1. The molecule has 1 amide bonds. The van der Waals surface area contributed by atoms with Crippen molar-refractivity contribution in [1.29, 1.82) is 0 Å². The van der Waals surface area contributed by atoms with Gasteiger partial charge in [0.05, 0.1) is 0 Å². The molecule has 0 bridgehead atoms. The van der Waals surface area contributed by atoms with E-state index in [0.29, 0.717) is 5.56 Å². The van der Waals surface area contributed by atoms with Crippen molar-refractivity contribution in [2.24, 2.45) is 0 Å². The number of aryl methyl sites for hydroxylation is 1. The van der Waals surface area contributed by atoms with Crippen LogP contribution in [0.4, 0.5) is 0 Å². The van der Waals surface area contributed by atoms with Crippen LogP contribution < -0.4 is 5.32 Å². The van der Waals surface area contributed by atoms with Crippen molar-refractivity contribution in [1.82, 2.24) is 5.32 Å². The Morgan fingerprint density at radius 1 is 1.10 bits per heavy atom. The van der Waals surface area contributed by atoms with Crippen LogP contribution in [0.3, 0.4) is 0 Å². The molecule has 0 saturated carbocycles. The molecule has 3 heteroatoms. The van der Waals surface area contributed by atoms with E-state index in [9.17, 15) is 4.79 Å². The molecule has 2 aromatic rings.